The van der Waals surface area contributed by atoms with Gasteiger partial charge in [-0.15, -0.1) is 0 Å². The lowest BCUT2D eigenvalue weighted by atomic mass is 10.1. The van der Waals surface area contributed by atoms with E-state index in [1.54, 1.807) is 35.4 Å². The lowest BCUT2D eigenvalue weighted by Crippen LogP contribution is -2.19. The monoisotopic (exact) mass is 413 g/mol. The minimum absolute atomic E-state index is 0.0126. The average molecular weight is 414 g/mol. The van der Waals surface area contributed by atoms with Crippen molar-refractivity contribution in [3.63, 3.8) is 0 Å². The molecule has 11 heteroatoms. The Labute approximate surface area is 170 Å². The van der Waals surface area contributed by atoms with Gasteiger partial charge in [0, 0.05) is 32.7 Å². The molecular formula is C18H17ClFN9. The lowest BCUT2D eigenvalue weighted by molar-refractivity contribution is 0.626. The molecule has 0 aliphatic heterocycles. The van der Waals surface area contributed by atoms with Gasteiger partial charge in [0.2, 0.25) is 17.2 Å². The smallest absolute Gasteiger partial charge is 0.234 e. The molecule has 3 aromatic heterocycles. The number of nitrogens with one attached hydrogen (secondary N) is 2. The number of imidazole rings is 2. The number of halogens is 2. The molecule has 4 rings (SSSR count). The Morgan fingerprint density at radius 1 is 1.03 bits per heavy atom. The van der Waals surface area contributed by atoms with Gasteiger partial charge in [-0.25, -0.2) is 14.4 Å². The molecule has 0 bridgehead atoms. The first-order valence-corrected chi connectivity index (χ1v) is 9.01. The minimum Gasteiger partial charge on any atom is -0.340 e. The van der Waals surface area contributed by atoms with Gasteiger partial charge in [-0.3, -0.25) is 0 Å². The summed E-state index contributed by atoms with van der Waals surface area (Å²) in [4.78, 5) is 21.2. The highest BCUT2D eigenvalue weighted by Crippen LogP contribution is 2.25. The SMILES string of the molecule is Cn1cnc(Nc2nc(Cl)nc(N[C@@H](c3ccc(F)cc3)c3nccn3C)n2)c1. The second kappa shape index (κ2) is 7.84. The Hall–Kier alpha value is -3.53. The first kappa shape index (κ1) is 18.8. The van der Waals surface area contributed by atoms with Crippen LogP contribution in [-0.4, -0.2) is 34.1 Å². The predicted molar refractivity (Wildman–Crippen MR) is 106 cm³/mol. The third kappa shape index (κ3) is 4.32. The Morgan fingerprint density at radius 2 is 1.79 bits per heavy atom. The number of aromatic nitrogens is 7. The molecule has 0 saturated heterocycles. The maximum Gasteiger partial charge on any atom is 0.234 e. The molecule has 29 heavy (non-hydrogen) atoms. The summed E-state index contributed by atoms with van der Waals surface area (Å²) in [5.74, 6) is 1.43. The number of rotatable bonds is 6. The van der Waals surface area contributed by atoms with Crippen LogP contribution >= 0.6 is 11.6 Å². The van der Waals surface area contributed by atoms with Gasteiger partial charge in [-0.1, -0.05) is 12.1 Å². The first-order valence-electron chi connectivity index (χ1n) is 8.64. The number of anilines is 3. The summed E-state index contributed by atoms with van der Waals surface area (Å²) < 4.78 is 17.1. The Kier molecular flexibility index (Phi) is 5.09. The molecule has 0 saturated carbocycles. The fourth-order valence-electron chi connectivity index (χ4n) is 2.80. The van der Waals surface area contributed by atoms with E-state index >= 15 is 0 Å². The minimum atomic E-state index is -0.434. The normalized spacial score (nSPS) is 12.0. The van der Waals surface area contributed by atoms with Crippen LogP contribution in [0.1, 0.15) is 17.4 Å². The molecule has 4 aromatic rings. The van der Waals surface area contributed by atoms with E-state index in [1.165, 1.54) is 12.1 Å². The highest BCUT2D eigenvalue weighted by atomic mass is 35.5. The Balaban J connectivity index is 1.66. The second-order valence-corrected chi connectivity index (χ2v) is 6.66. The van der Waals surface area contributed by atoms with E-state index in [1.807, 2.05) is 24.9 Å². The lowest BCUT2D eigenvalue weighted by Gasteiger charge is -2.19. The van der Waals surface area contributed by atoms with Crippen molar-refractivity contribution in [2.45, 2.75) is 6.04 Å². The van der Waals surface area contributed by atoms with Crippen molar-refractivity contribution in [1.29, 1.82) is 0 Å². The summed E-state index contributed by atoms with van der Waals surface area (Å²) >= 11 is 6.09. The number of hydrogen-bond donors (Lipinski definition) is 2. The van der Waals surface area contributed by atoms with Crippen LogP contribution < -0.4 is 10.6 Å². The third-order valence-corrected chi connectivity index (χ3v) is 4.32. The number of hydrogen-bond acceptors (Lipinski definition) is 7. The van der Waals surface area contributed by atoms with Crippen molar-refractivity contribution in [1.82, 2.24) is 34.1 Å². The summed E-state index contributed by atoms with van der Waals surface area (Å²) in [7, 11) is 3.72. The Bertz CT molecular complexity index is 1120. The van der Waals surface area contributed by atoms with Crippen molar-refractivity contribution in [2.75, 3.05) is 10.6 Å². The summed E-state index contributed by atoms with van der Waals surface area (Å²) in [6, 6.07) is 5.70. The predicted octanol–water partition coefficient (Wildman–Crippen LogP) is 3.08. The van der Waals surface area contributed by atoms with Crippen LogP contribution in [0.25, 0.3) is 0 Å². The van der Waals surface area contributed by atoms with Gasteiger partial charge >= 0.3 is 0 Å². The van der Waals surface area contributed by atoms with Crippen LogP contribution in [0.3, 0.4) is 0 Å². The fraction of sp³-hybridized carbons (Fsp3) is 0.167. The van der Waals surface area contributed by atoms with Crippen LogP contribution in [0.4, 0.5) is 22.1 Å². The fourth-order valence-corrected chi connectivity index (χ4v) is 2.96. The first-order chi connectivity index (χ1) is 14.0. The van der Waals surface area contributed by atoms with Crippen molar-refractivity contribution in [3.8, 4) is 0 Å². The highest BCUT2D eigenvalue weighted by Gasteiger charge is 2.20. The molecule has 0 spiro atoms. The van der Waals surface area contributed by atoms with Gasteiger partial charge < -0.3 is 19.8 Å². The van der Waals surface area contributed by atoms with Crippen molar-refractivity contribution < 1.29 is 4.39 Å². The Morgan fingerprint density at radius 3 is 2.45 bits per heavy atom. The molecule has 0 amide bonds. The van der Waals surface area contributed by atoms with E-state index in [4.69, 9.17) is 11.6 Å². The molecular weight excluding hydrogens is 397 g/mol. The molecule has 0 aliphatic carbocycles. The maximum absolute atomic E-state index is 13.4. The van der Waals surface area contributed by atoms with Crippen LogP contribution in [0.5, 0.6) is 0 Å². The number of nitrogens with zero attached hydrogens (tertiary/aromatic N) is 7. The van der Waals surface area contributed by atoms with E-state index in [9.17, 15) is 4.39 Å². The number of aryl methyl sites for hydroxylation is 2. The zero-order valence-corrected chi connectivity index (χ0v) is 16.3. The van der Waals surface area contributed by atoms with Gasteiger partial charge in [-0.05, 0) is 29.3 Å². The zero-order valence-electron chi connectivity index (χ0n) is 15.6. The molecule has 1 aromatic carbocycles. The van der Waals surface area contributed by atoms with Crippen molar-refractivity contribution in [3.05, 3.63) is 71.7 Å². The maximum atomic E-state index is 13.4. The summed E-state index contributed by atoms with van der Waals surface area (Å²) in [6.07, 6.45) is 6.93. The zero-order chi connectivity index (χ0) is 20.4. The standard InChI is InChI=1S/C18H17ClFN9/c1-28-9-13(22-10-28)23-17-25-16(19)26-18(27-17)24-14(15-21-7-8-29(15)2)11-3-5-12(20)6-4-11/h3-10,14H,1-2H3,(H2,23,24,25,26,27)/t14-/m0/s1. The van der Waals surface area contributed by atoms with Crippen LogP contribution in [0.2, 0.25) is 5.28 Å². The van der Waals surface area contributed by atoms with E-state index < -0.39 is 6.04 Å². The number of benzene rings is 1. The van der Waals surface area contributed by atoms with Crippen molar-refractivity contribution in [2.24, 2.45) is 14.1 Å². The van der Waals surface area contributed by atoms with Gasteiger partial charge in [0.1, 0.15) is 17.7 Å². The molecule has 2 N–H and O–H groups in total. The molecule has 148 valence electrons. The summed E-state index contributed by atoms with van der Waals surface area (Å²) in [6.45, 7) is 0. The third-order valence-electron chi connectivity index (χ3n) is 4.15. The van der Waals surface area contributed by atoms with Crippen LogP contribution in [-0.2, 0) is 14.1 Å². The van der Waals surface area contributed by atoms with Gasteiger partial charge in [0.05, 0.1) is 6.33 Å². The quantitative estimate of drug-likeness (QED) is 0.501. The molecule has 1 atom stereocenters. The van der Waals surface area contributed by atoms with Crippen LogP contribution in [0, 0.1) is 5.82 Å². The molecule has 3 heterocycles. The molecule has 9 nitrogen and oxygen atoms in total. The molecule has 0 unspecified atom stereocenters. The van der Waals surface area contributed by atoms with Gasteiger partial charge in [0.15, 0.2) is 5.82 Å². The van der Waals surface area contributed by atoms with E-state index in [0.29, 0.717) is 11.6 Å². The molecule has 0 aliphatic rings. The highest BCUT2D eigenvalue weighted by molar-refractivity contribution is 6.28. The molecule has 0 radical (unpaired) electrons. The van der Waals surface area contributed by atoms with Gasteiger partial charge in [0.25, 0.3) is 0 Å². The van der Waals surface area contributed by atoms with E-state index in [2.05, 4.69) is 35.6 Å². The van der Waals surface area contributed by atoms with E-state index in [0.717, 1.165) is 5.56 Å². The van der Waals surface area contributed by atoms with E-state index in [-0.39, 0.29) is 23.0 Å². The topological polar surface area (TPSA) is 98.4 Å². The largest absolute Gasteiger partial charge is 0.340 e. The van der Waals surface area contributed by atoms with Crippen molar-refractivity contribution >= 4 is 29.3 Å². The summed E-state index contributed by atoms with van der Waals surface area (Å²) in [5.41, 5.74) is 0.788. The van der Waals surface area contributed by atoms with Crippen LogP contribution in [0.15, 0.2) is 49.2 Å². The average Bonchev–Trinajstić information content (AvgIpc) is 3.28. The summed E-state index contributed by atoms with van der Waals surface area (Å²) in [5, 5.41) is 6.21. The molecule has 0 fully saturated rings. The second-order valence-electron chi connectivity index (χ2n) is 6.33. The van der Waals surface area contributed by atoms with Gasteiger partial charge in [-0.2, -0.15) is 15.0 Å².